The van der Waals surface area contributed by atoms with Gasteiger partial charge in [-0.05, 0) is 38.1 Å². The van der Waals surface area contributed by atoms with E-state index < -0.39 is 0 Å². The number of ether oxygens (including phenoxy) is 1. The van der Waals surface area contributed by atoms with Crippen LogP contribution in [0.1, 0.15) is 18.4 Å². The summed E-state index contributed by atoms with van der Waals surface area (Å²) in [5.74, 6) is 0.814. The van der Waals surface area contributed by atoms with E-state index in [2.05, 4.69) is 18.0 Å². The zero-order chi connectivity index (χ0) is 11.4. The number of likely N-dealkylation sites (tertiary alicyclic amines) is 1. The Bertz CT molecular complexity index is 395. The molecule has 1 aliphatic heterocycles. The largest absolute Gasteiger partial charge is 0.490 e. The van der Waals surface area contributed by atoms with Gasteiger partial charge in [0, 0.05) is 13.1 Å². The summed E-state index contributed by atoms with van der Waals surface area (Å²) in [5, 5.41) is 8.79. The minimum absolute atomic E-state index is 0. The molecule has 17 heavy (non-hydrogen) atoms. The Morgan fingerprint density at radius 3 is 2.71 bits per heavy atom. The molecule has 1 saturated heterocycles. The van der Waals surface area contributed by atoms with Gasteiger partial charge in [0.25, 0.3) is 0 Å². The average molecular weight is 253 g/mol. The normalized spacial score (nSPS) is 16.9. The van der Waals surface area contributed by atoms with Gasteiger partial charge in [-0.15, -0.1) is 12.4 Å². The molecule has 0 aliphatic carbocycles. The number of nitriles is 1. The third kappa shape index (κ3) is 3.92. The molecule has 0 spiro atoms. The van der Waals surface area contributed by atoms with E-state index in [4.69, 9.17) is 10.00 Å². The van der Waals surface area contributed by atoms with Gasteiger partial charge in [-0.1, -0.05) is 6.07 Å². The molecule has 3 nitrogen and oxygen atoms in total. The van der Waals surface area contributed by atoms with E-state index in [1.54, 1.807) is 12.1 Å². The first-order valence-corrected chi connectivity index (χ1v) is 5.63. The van der Waals surface area contributed by atoms with Crippen molar-refractivity contribution in [2.24, 2.45) is 0 Å². The molecular weight excluding hydrogens is 236 g/mol. The molecule has 0 saturated carbocycles. The van der Waals surface area contributed by atoms with Crippen LogP contribution in [0.25, 0.3) is 0 Å². The van der Waals surface area contributed by atoms with E-state index in [-0.39, 0.29) is 12.4 Å². The van der Waals surface area contributed by atoms with E-state index in [0.717, 1.165) is 31.7 Å². The molecule has 0 radical (unpaired) electrons. The summed E-state index contributed by atoms with van der Waals surface area (Å²) in [6.07, 6.45) is 2.42. The maximum absolute atomic E-state index is 8.79. The van der Waals surface area contributed by atoms with Crippen LogP contribution in [-0.4, -0.2) is 31.1 Å². The third-order valence-corrected chi connectivity index (χ3v) is 2.93. The summed E-state index contributed by atoms with van der Waals surface area (Å²) in [6, 6.07) is 9.50. The minimum Gasteiger partial charge on any atom is -0.490 e. The Morgan fingerprint density at radius 1 is 1.35 bits per heavy atom. The predicted molar refractivity (Wildman–Crippen MR) is 69.6 cm³/mol. The van der Waals surface area contributed by atoms with E-state index in [1.807, 2.05) is 12.1 Å². The molecule has 92 valence electrons. The van der Waals surface area contributed by atoms with Crippen molar-refractivity contribution in [2.45, 2.75) is 18.9 Å². The molecule has 1 aromatic rings. The summed E-state index contributed by atoms with van der Waals surface area (Å²) >= 11 is 0. The van der Waals surface area contributed by atoms with Crippen LogP contribution in [0.3, 0.4) is 0 Å². The average Bonchev–Trinajstić information content (AvgIpc) is 2.32. The predicted octanol–water partition coefficient (Wildman–Crippen LogP) is 2.45. The van der Waals surface area contributed by atoms with Crippen LogP contribution >= 0.6 is 12.4 Å². The lowest BCUT2D eigenvalue weighted by atomic mass is 10.1. The van der Waals surface area contributed by atoms with E-state index in [0.29, 0.717) is 11.7 Å². The van der Waals surface area contributed by atoms with Crippen molar-refractivity contribution in [1.82, 2.24) is 4.90 Å². The number of hydrogen-bond donors (Lipinski definition) is 0. The molecule has 2 rings (SSSR count). The molecular formula is C13H17ClN2O. The molecule has 0 amide bonds. The van der Waals surface area contributed by atoms with Crippen LogP contribution in [0.5, 0.6) is 5.75 Å². The summed E-state index contributed by atoms with van der Waals surface area (Å²) in [5.41, 5.74) is 0.658. The molecule has 1 heterocycles. The SMILES string of the molecule is CN1CCC(Oc2cccc(C#N)c2)CC1.Cl. The summed E-state index contributed by atoms with van der Waals surface area (Å²) < 4.78 is 5.87. The third-order valence-electron chi connectivity index (χ3n) is 2.93. The molecule has 1 aromatic carbocycles. The van der Waals surface area contributed by atoms with Crippen LogP contribution in [-0.2, 0) is 0 Å². The van der Waals surface area contributed by atoms with Crippen LogP contribution in [0, 0.1) is 11.3 Å². The molecule has 1 aliphatic rings. The van der Waals surface area contributed by atoms with Crippen LogP contribution in [0.15, 0.2) is 24.3 Å². The van der Waals surface area contributed by atoms with E-state index in [9.17, 15) is 0 Å². The van der Waals surface area contributed by atoms with Gasteiger partial charge in [-0.25, -0.2) is 0 Å². The fourth-order valence-corrected chi connectivity index (χ4v) is 1.93. The summed E-state index contributed by atoms with van der Waals surface area (Å²) in [6.45, 7) is 2.17. The number of benzene rings is 1. The number of nitrogens with zero attached hydrogens (tertiary/aromatic N) is 2. The Kier molecular flexibility index (Phi) is 5.27. The molecule has 0 atom stereocenters. The second-order valence-electron chi connectivity index (χ2n) is 4.26. The topological polar surface area (TPSA) is 36.3 Å². The van der Waals surface area contributed by atoms with Gasteiger partial charge in [-0.2, -0.15) is 5.26 Å². The molecule has 0 N–H and O–H groups in total. The Labute approximate surface area is 108 Å². The van der Waals surface area contributed by atoms with Crippen molar-refractivity contribution >= 4 is 12.4 Å². The first-order valence-electron chi connectivity index (χ1n) is 5.63. The van der Waals surface area contributed by atoms with E-state index in [1.165, 1.54) is 0 Å². The zero-order valence-electron chi connectivity index (χ0n) is 9.93. The van der Waals surface area contributed by atoms with Gasteiger partial charge in [-0.3, -0.25) is 0 Å². The number of halogens is 1. The first-order chi connectivity index (χ1) is 7.78. The second-order valence-corrected chi connectivity index (χ2v) is 4.26. The lowest BCUT2D eigenvalue weighted by Gasteiger charge is -2.29. The molecule has 0 aromatic heterocycles. The van der Waals surface area contributed by atoms with Crippen molar-refractivity contribution in [3.8, 4) is 11.8 Å². The van der Waals surface area contributed by atoms with Crippen molar-refractivity contribution < 1.29 is 4.74 Å². The summed E-state index contributed by atoms with van der Waals surface area (Å²) in [7, 11) is 2.13. The van der Waals surface area contributed by atoms with Gasteiger partial charge in [0.05, 0.1) is 11.6 Å². The highest BCUT2D eigenvalue weighted by molar-refractivity contribution is 5.85. The lowest BCUT2D eigenvalue weighted by molar-refractivity contribution is 0.114. The van der Waals surface area contributed by atoms with Gasteiger partial charge in [0.2, 0.25) is 0 Å². The molecule has 4 heteroatoms. The second kappa shape index (κ2) is 6.48. The monoisotopic (exact) mass is 252 g/mol. The fourth-order valence-electron chi connectivity index (χ4n) is 1.93. The highest BCUT2D eigenvalue weighted by Crippen LogP contribution is 2.19. The quantitative estimate of drug-likeness (QED) is 0.811. The minimum atomic E-state index is 0. The van der Waals surface area contributed by atoms with Gasteiger partial charge in [0.1, 0.15) is 11.9 Å². The first kappa shape index (κ1) is 13.8. The zero-order valence-corrected chi connectivity index (χ0v) is 10.7. The van der Waals surface area contributed by atoms with Crippen LogP contribution in [0.4, 0.5) is 0 Å². The van der Waals surface area contributed by atoms with Crippen molar-refractivity contribution in [3.63, 3.8) is 0 Å². The highest BCUT2D eigenvalue weighted by Gasteiger charge is 2.17. The van der Waals surface area contributed by atoms with Crippen LogP contribution in [0.2, 0.25) is 0 Å². The highest BCUT2D eigenvalue weighted by atomic mass is 35.5. The number of hydrogen-bond acceptors (Lipinski definition) is 3. The molecule has 0 unspecified atom stereocenters. The van der Waals surface area contributed by atoms with Crippen molar-refractivity contribution in [1.29, 1.82) is 5.26 Å². The Balaban J connectivity index is 0.00000144. The van der Waals surface area contributed by atoms with E-state index >= 15 is 0 Å². The maximum atomic E-state index is 8.79. The van der Waals surface area contributed by atoms with Crippen molar-refractivity contribution in [3.05, 3.63) is 29.8 Å². The van der Waals surface area contributed by atoms with Crippen LogP contribution < -0.4 is 4.74 Å². The molecule has 1 fully saturated rings. The van der Waals surface area contributed by atoms with Gasteiger partial charge in [0.15, 0.2) is 0 Å². The molecule has 0 bridgehead atoms. The fraction of sp³-hybridized carbons (Fsp3) is 0.462. The Hall–Kier alpha value is -1.24. The van der Waals surface area contributed by atoms with Crippen molar-refractivity contribution in [2.75, 3.05) is 20.1 Å². The maximum Gasteiger partial charge on any atom is 0.121 e. The number of piperidine rings is 1. The summed E-state index contributed by atoms with van der Waals surface area (Å²) in [4.78, 5) is 2.31. The van der Waals surface area contributed by atoms with Gasteiger partial charge >= 0.3 is 0 Å². The Morgan fingerprint density at radius 2 is 2.06 bits per heavy atom. The lowest BCUT2D eigenvalue weighted by Crippen LogP contribution is -2.35. The smallest absolute Gasteiger partial charge is 0.121 e. The van der Waals surface area contributed by atoms with Gasteiger partial charge < -0.3 is 9.64 Å². The number of rotatable bonds is 2. The standard InChI is InChI=1S/C13H16N2O.ClH/c1-15-7-5-12(6-8-15)16-13-4-2-3-11(9-13)10-14;/h2-4,9,12H,5-8H2,1H3;1H.